The lowest BCUT2D eigenvalue weighted by Gasteiger charge is -2.33. The van der Waals surface area contributed by atoms with Crippen molar-refractivity contribution in [1.29, 1.82) is 0 Å². The highest BCUT2D eigenvalue weighted by atomic mass is 16.6. The van der Waals surface area contributed by atoms with Gasteiger partial charge in [0.05, 0.1) is 19.0 Å². The highest BCUT2D eigenvalue weighted by Crippen LogP contribution is 2.23. The normalized spacial score (nSPS) is 19.4. The lowest BCUT2D eigenvalue weighted by Crippen LogP contribution is -2.49. The van der Waals surface area contributed by atoms with Crippen LogP contribution in [0.3, 0.4) is 0 Å². The van der Waals surface area contributed by atoms with Gasteiger partial charge in [-0.3, -0.25) is 0 Å². The number of likely N-dealkylation sites (tertiary alicyclic amines) is 1. The number of urea groups is 1. The summed E-state index contributed by atoms with van der Waals surface area (Å²) in [5.74, 6) is 2.32. The van der Waals surface area contributed by atoms with Crippen LogP contribution in [-0.2, 0) is 4.74 Å². The van der Waals surface area contributed by atoms with Crippen LogP contribution in [-0.4, -0.2) is 77.3 Å². The van der Waals surface area contributed by atoms with Crippen LogP contribution < -0.4 is 20.7 Å². The Hall–Kier alpha value is -3.11. The molecule has 0 aromatic carbocycles. The number of aromatic nitrogens is 2. The van der Waals surface area contributed by atoms with Gasteiger partial charge in [0.2, 0.25) is 5.95 Å². The topological polar surface area (TPSA) is 135 Å². The first-order valence-electron chi connectivity index (χ1n) is 13.8. The van der Waals surface area contributed by atoms with Crippen LogP contribution in [0, 0.1) is 11.8 Å². The molecule has 212 valence electrons. The molecule has 0 spiro atoms. The molecule has 1 aromatic heterocycles. The van der Waals surface area contributed by atoms with E-state index < -0.39 is 11.7 Å². The SMILES string of the molecule is CC(C)/C(N)=N/C(=O)N1CCC(CCCOc2cnc(N3CCCC(NC(=O)OC(C)(C)C)C3)nc2)CC1. The van der Waals surface area contributed by atoms with Crippen molar-refractivity contribution >= 4 is 23.9 Å². The number of anilines is 1. The van der Waals surface area contributed by atoms with Gasteiger partial charge in [-0.2, -0.15) is 4.99 Å². The number of nitrogens with two attached hydrogens (primary N) is 1. The number of carbonyl (C=O) groups excluding carboxylic acids is 2. The van der Waals surface area contributed by atoms with E-state index in [1.54, 1.807) is 17.3 Å². The van der Waals surface area contributed by atoms with Crippen LogP contribution >= 0.6 is 0 Å². The lowest BCUT2D eigenvalue weighted by molar-refractivity contribution is 0.0499. The van der Waals surface area contributed by atoms with Crippen molar-refractivity contribution in [3.63, 3.8) is 0 Å². The van der Waals surface area contributed by atoms with Gasteiger partial charge in [-0.15, -0.1) is 0 Å². The number of aliphatic imine (C=N–C) groups is 1. The minimum Gasteiger partial charge on any atom is -0.490 e. The number of ether oxygens (including phenoxy) is 2. The first-order valence-corrected chi connectivity index (χ1v) is 13.8. The molecular weight excluding hydrogens is 486 g/mol. The molecule has 3 heterocycles. The first-order chi connectivity index (χ1) is 18.0. The second-order valence-electron chi connectivity index (χ2n) is 11.5. The summed E-state index contributed by atoms with van der Waals surface area (Å²) in [7, 11) is 0. The summed E-state index contributed by atoms with van der Waals surface area (Å²) in [6, 6.07) is -0.227. The van der Waals surface area contributed by atoms with Crippen molar-refractivity contribution in [3.8, 4) is 5.75 Å². The molecule has 3 N–H and O–H groups in total. The van der Waals surface area contributed by atoms with Crippen LogP contribution in [0.25, 0.3) is 0 Å². The van der Waals surface area contributed by atoms with E-state index >= 15 is 0 Å². The minimum absolute atomic E-state index is 0.00554. The Bertz CT molecular complexity index is 938. The maximum atomic E-state index is 12.3. The smallest absolute Gasteiger partial charge is 0.407 e. The molecule has 2 aliphatic heterocycles. The Morgan fingerprint density at radius 3 is 2.47 bits per heavy atom. The van der Waals surface area contributed by atoms with E-state index in [9.17, 15) is 9.59 Å². The molecular formula is C27H45N7O4. The van der Waals surface area contributed by atoms with Gasteiger partial charge in [-0.1, -0.05) is 13.8 Å². The number of hydrogen-bond donors (Lipinski definition) is 2. The lowest BCUT2D eigenvalue weighted by atomic mass is 9.92. The monoisotopic (exact) mass is 531 g/mol. The number of nitrogens with zero attached hydrogens (tertiary/aromatic N) is 5. The maximum Gasteiger partial charge on any atom is 0.407 e. The predicted molar refractivity (Wildman–Crippen MR) is 148 cm³/mol. The molecule has 0 bridgehead atoms. The number of rotatable bonds is 8. The average Bonchev–Trinajstić information content (AvgIpc) is 2.86. The number of piperidine rings is 2. The Kier molecular flexibility index (Phi) is 10.6. The number of hydrogen-bond acceptors (Lipinski definition) is 7. The van der Waals surface area contributed by atoms with Crippen LogP contribution in [0.4, 0.5) is 15.5 Å². The molecule has 2 saturated heterocycles. The molecule has 11 heteroatoms. The summed E-state index contributed by atoms with van der Waals surface area (Å²) < 4.78 is 11.2. The molecule has 0 radical (unpaired) electrons. The second kappa shape index (κ2) is 13.6. The van der Waals surface area contributed by atoms with Crippen molar-refractivity contribution in [3.05, 3.63) is 12.4 Å². The van der Waals surface area contributed by atoms with Crippen molar-refractivity contribution < 1.29 is 19.1 Å². The van der Waals surface area contributed by atoms with Gasteiger partial charge in [-0.05, 0) is 65.2 Å². The zero-order chi connectivity index (χ0) is 27.7. The largest absolute Gasteiger partial charge is 0.490 e. The van der Waals surface area contributed by atoms with Gasteiger partial charge >= 0.3 is 12.1 Å². The third-order valence-electron chi connectivity index (χ3n) is 6.77. The fourth-order valence-electron chi connectivity index (χ4n) is 4.58. The molecule has 2 aliphatic rings. The third-order valence-corrected chi connectivity index (χ3v) is 6.77. The number of nitrogens with one attached hydrogen (secondary N) is 1. The summed E-state index contributed by atoms with van der Waals surface area (Å²) in [6.07, 6.45) is 8.79. The fourth-order valence-corrected chi connectivity index (χ4v) is 4.58. The summed E-state index contributed by atoms with van der Waals surface area (Å²) in [4.78, 5) is 41.2. The Morgan fingerprint density at radius 2 is 1.84 bits per heavy atom. The zero-order valence-corrected chi connectivity index (χ0v) is 23.6. The van der Waals surface area contributed by atoms with Gasteiger partial charge in [0.25, 0.3) is 0 Å². The number of carbonyl (C=O) groups is 2. The Labute approximate surface area is 226 Å². The molecule has 0 saturated carbocycles. The number of amidine groups is 1. The molecule has 3 amide bonds. The third kappa shape index (κ3) is 9.64. The summed E-state index contributed by atoms with van der Waals surface area (Å²) in [6.45, 7) is 12.9. The molecule has 1 unspecified atom stereocenters. The Morgan fingerprint density at radius 1 is 1.16 bits per heavy atom. The highest BCUT2D eigenvalue weighted by Gasteiger charge is 2.26. The second-order valence-corrected chi connectivity index (χ2v) is 11.5. The zero-order valence-electron chi connectivity index (χ0n) is 23.6. The van der Waals surface area contributed by atoms with Crippen LogP contribution in [0.2, 0.25) is 0 Å². The van der Waals surface area contributed by atoms with E-state index in [0.717, 1.165) is 58.2 Å². The number of alkyl carbamates (subject to hydrolysis) is 1. The molecule has 1 aromatic rings. The van der Waals surface area contributed by atoms with E-state index in [2.05, 4.69) is 25.2 Å². The molecule has 1 atom stereocenters. The van der Waals surface area contributed by atoms with E-state index in [1.165, 1.54) is 0 Å². The van der Waals surface area contributed by atoms with Crippen LogP contribution in [0.15, 0.2) is 17.4 Å². The molecule has 11 nitrogen and oxygen atoms in total. The van der Waals surface area contributed by atoms with Crippen molar-refractivity contribution in [1.82, 2.24) is 20.2 Å². The average molecular weight is 532 g/mol. The number of amides is 3. The van der Waals surface area contributed by atoms with Gasteiger partial charge in [0.1, 0.15) is 11.4 Å². The molecule has 3 rings (SSSR count). The van der Waals surface area contributed by atoms with Gasteiger partial charge in [0, 0.05) is 38.1 Å². The van der Waals surface area contributed by atoms with Gasteiger partial charge in [0.15, 0.2) is 5.75 Å². The van der Waals surface area contributed by atoms with E-state index in [-0.39, 0.29) is 18.0 Å². The standard InChI is InChI=1S/C27H45N7O4/c1-19(2)23(28)32-25(35)33-13-10-20(11-14-33)8-7-15-37-22-16-29-24(30-17-22)34-12-6-9-21(18-34)31-26(36)38-27(3,4)5/h16-17,19-21H,6-15,18H2,1-5H3,(H,31,36)(H2,28,32,35). The summed E-state index contributed by atoms with van der Waals surface area (Å²) in [5, 5.41) is 2.95. The highest BCUT2D eigenvalue weighted by molar-refractivity contribution is 5.93. The van der Waals surface area contributed by atoms with Crippen LogP contribution in [0.1, 0.15) is 73.1 Å². The quantitative estimate of drug-likeness (QED) is 0.292. The van der Waals surface area contributed by atoms with E-state index in [1.807, 2.05) is 34.6 Å². The Balaban J connectivity index is 1.35. The van der Waals surface area contributed by atoms with Gasteiger partial charge < -0.3 is 30.3 Å². The van der Waals surface area contributed by atoms with Crippen molar-refractivity contribution in [2.75, 3.05) is 37.7 Å². The van der Waals surface area contributed by atoms with Crippen LogP contribution in [0.5, 0.6) is 5.75 Å². The van der Waals surface area contributed by atoms with Crippen molar-refractivity contribution in [2.45, 2.75) is 84.8 Å². The maximum absolute atomic E-state index is 12.3. The molecule has 38 heavy (non-hydrogen) atoms. The van der Waals surface area contributed by atoms with E-state index in [0.29, 0.717) is 36.6 Å². The van der Waals surface area contributed by atoms with E-state index in [4.69, 9.17) is 15.2 Å². The van der Waals surface area contributed by atoms with Crippen molar-refractivity contribution in [2.24, 2.45) is 22.6 Å². The molecule has 0 aliphatic carbocycles. The molecule has 2 fully saturated rings. The predicted octanol–water partition coefficient (Wildman–Crippen LogP) is 3.97. The van der Waals surface area contributed by atoms with Gasteiger partial charge in [-0.25, -0.2) is 19.6 Å². The first kappa shape index (κ1) is 29.4. The fraction of sp³-hybridized carbons (Fsp3) is 0.741. The minimum atomic E-state index is -0.521. The summed E-state index contributed by atoms with van der Waals surface area (Å²) in [5.41, 5.74) is 5.30. The summed E-state index contributed by atoms with van der Waals surface area (Å²) >= 11 is 0.